The van der Waals surface area contributed by atoms with Crippen LogP contribution >= 0.6 is 11.6 Å². The van der Waals surface area contributed by atoms with Crippen LogP contribution in [0.15, 0.2) is 29.8 Å². The van der Waals surface area contributed by atoms with Crippen molar-refractivity contribution < 1.29 is 19.1 Å². The molecule has 156 valence electrons. The van der Waals surface area contributed by atoms with Crippen LogP contribution in [0.1, 0.15) is 32.6 Å². The average molecular weight is 419 g/mol. The lowest BCUT2D eigenvalue weighted by atomic mass is 9.86. The molecule has 2 saturated heterocycles. The predicted octanol–water partition coefficient (Wildman–Crippen LogP) is 3.43. The number of hydrogen-bond donors (Lipinski definition) is 0. The second kappa shape index (κ2) is 8.00. The first-order chi connectivity index (χ1) is 13.9. The Labute approximate surface area is 176 Å². The highest BCUT2D eigenvalue weighted by molar-refractivity contribution is 6.32. The molecular weight excluding hydrogens is 392 g/mol. The number of halogens is 1. The molecule has 2 amide bonds. The predicted molar refractivity (Wildman–Crippen MR) is 111 cm³/mol. The van der Waals surface area contributed by atoms with Gasteiger partial charge in [-0.2, -0.15) is 0 Å². The Bertz CT molecular complexity index is 845. The van der Waals surface area contributed by atoms with E-state index in [0.29, 0.717) is 36.1 Å². The first-order valence-electron chi connectivity index (χ1n) is 10.2. The van der Waals surface area contributed by atoms with E-state index < -0.39 is 0 Å². The Kier molecular flexibility index (Phi) is 5.58. The van der Waals surface area contributed by atoms with E-state index >= 15 is 0 Å². The maximum absolute atomic E-state index is 13.1. The molecule has 1 spiro atoms. The van der Waals surface area contributed by atoms with Crippen LogP contribution in [0.2, 0.25) is 5.02 Å². The van der Waals surface area contributed by atoms with Crippen LogP contribution in [0.4, 0.5) is 5.69 Å². The number of carbonyl (C=O) groups is 2. The largest absolute Gasteiger partial charge is 0.495 e. The number of likely N-dealkylation sites (tertiary alicyclic amines) is 1. The molecule has 0 aliphatic carbocycles. The van der Waals surface area contributed by atoms with Crippen LogP contribution in [-0.4, -0.2) is 55.7 Å². The van der Waals surface area contributed by atoms with Crippen molar-refractivity contribution in [2.75, 3.05) is 38.3 Å². The van der Waals surface area contributed by atoms with Gasteiger partial charge in [0, 0.05) is 31.7 Å². The Morgan fingerprint density at radius 3 is 2.72 bits per heavy atom. The van der Waals surface area contributed by atoms with Crippen molar-refractivity contribution in [2.24, 2.45) is 5.92 Å². The first kappa shape index (κ1) is 20.2. The molecule has 0 bridgehead atoms. The zero-order chi connectivity index (χ0) is 20.6. The van der Waals surface area contributed by atoms with Crippen molar-refractivity contribution in [2.45, 2.75) is 38.2 Å². The normalized spacial score (nSPS) is 24.0. The summed E-state index contributed by atoms with van der Waals surface area (Å²) in [5.41, 5.74) is 1.85. The van der Waals surface area contributed by atoms with Gasteiger partial charge in [0.25, 0.3) is 0 Å². The molecule has 4 rings (SSSR count). The molecule has 0 N–H and O–H groups in total. The van der Waals surface area contributed by atoms with Crippen molar-refractivity contribution in [1.29, 1.82) is 0 Å². The SMILES string of the molecule is COc1ccc(N2CC(C(=O)N3CCC4(C=C(C)CCO4)CC3)CC2=O)cc1Cl. The van der Waals surface area contributed by atoms with E-state index in [2.05, 4.69) is 13.0 Å². The number of carbonyl (C=O) groups excluding carboxylic acids is 2. The van der Waals surface area contributed by atoms with Gasteiger partial charge in [-0.15, -0.1) is 0 Å². The Morgan fingerprint density at radius 1 is 1.31 bits per heavy atom. The number of hydrogen-bond acceptors (Lipinski definition) is 4. The summed E-state index contributed by atoms with van der Waals surface area (Å²) in [5.74, 6) is 0.257. The molecular formula is C22H27ClN2O4. The Hall–Kier alpha value is -2.05. The lowest BCUT2D eigenvalue weighted by molar-refractivity contribution is -0.140. The summed E-state index contributed by atoms with van der Waals surface area (Å²) >= 11 is 6.20. The summed E-state index contributed by atoms with van der Waals surface area (Å²) in [4.78, 5) is 29.2. The molecule has 2 fully saturated rings. The van der Waals surface area contributed by atoms with E-state index in [-0.39, 0.29) is 29.8 Å². The summed E-state index contributed by atoms with van der Waals surface area (Å²) in [5, 5.41) is 0.449. The third-order valence-electron chi connectivity index (χ3n) is 6.24. The van der Waals surface area contributed by atoms with E-state index in [1.165, 1.54) is 5.57 Å². The molecule has 0 radical (unpaired) electrons. The number of anilines is 1. The number of benzene rings is 1. The molecule has 1 unspecified atom stereocenters. The number of amides is 2. The van der Waals surface area contributed by atoms with E-state index in [4.69, 9.17) is 21.1 Å². The van der Waals surface area contributed by atoms with Gasteiger partial charge in [0.15, 0.2) is 0 Å². The molecule has 3 heterocycles. The number of piperidine rings is 1. The number of nitrogens with zero attached hydrogens (tertiary/aromatic N) is 2. The fraction of sp³-hybridized carbons (Fsp3) is 0.545. The Morgan fingerprint density at radius 2 is 2.07 bits per heavy atom. The summed E-state index contributed by atoms with van der Waals surface area (Å²) in [7, 11) is 1.55. The van der Waals surface area contributed by atoms with Crippen LogP contribution < -0.4 is 9.64 Å². The molecule has 6 nitrogen and oxygen atoms in total. The zero-order valence-electron chi connectivity index (χ0n) is 16.9. The van der Waals surface area contributed by atoms with Crippen LogP contribution in [0.25, 0.3) is 0 Å². The molecule has 7 heteroatoms. The second-order valence-corrected chi connectivity index (χ2v) is 8.61. The van der Waals surface area contributed by atoms with E-state index in [1.807, 2.05) is 4.90 Å². The zero-order valence-corrected chi connectivity index (χ0v) is 17.7. The van der Waals surface area contributed by atoms with Gasteiger partial charge in [-0.25, -0.2) is 0 Å². The molecule has 29 heavy (non-hydrogen) atoms. The van der Waals surface area contributed by atoms with Crippen molar-refractivity contribution in [3.8, 4) is 5.75 Å². The summed E-state index contributed by atoms with van der Waals surface area (Å²) in [6, 6.07) is 5.25. The molecule has 1 aromatic carbocycles. The van der Waals surface area contributed by atoms with Crippen LogP contribution in [-0.2, 0) is 14.3 Å². The molecule has 3 aliphatic rings. The van der Waals surface area contributed by atoms with Gasteiger partial charge in [-0.3, -0.25) is 9.59 Å². The van der Waals surface area contributed by atoms with Gasteiger partial charge in [0.05, 0.1) is 30.3 Å². The topological polar surface area (TPSA) is 59.1 Å². The van der Waals surface area contributed by atoms with E-state index in [0.717, 1.165) is 25.9 Å². The molecule has 1 aromatic rings. The number of ether oxygens (including phenoxy) is 2. The minimum absolute atomic E-state index is 0.0489. The number of rotatable bonds is 3. The van der Waals surface area contributed by atoms with Gasteiger partial charge in [0.2, 0.25) is 11.8 Å². The molecule has 1 atom stereocenters. The summed E-state index contributed by atoms with van der Waals surface area (Å²) in [6.07, 6.45) is 5.09. The average Bonchev–Trinajstić information content (AvgIpc) is 3.09. The van der Waals surface area contributed by atoms with E-state index in [1.54, 1.807) is 30.2 Å². The lowest BCUT2D eigenvalue weighted by Gasteiger charge is -2.42. The number of methoxy groups -OCH3 is 1. The minimum Gasteiger partial charge on any atom is -0.495 e. The summed E-state index contributed by atoms with van der Waals surface area (Å²) in [6.45, 7) is 4.62. The van der Waals surface area contributed by atoms with Crippen LogP contribution in [0.5, 0.6) is 5.75 Å². The van der Waals surface area contributed by atoms with Crippen molar-refractivity contribution in [1.82, 2.24) is 4.90 Å². The van der Waals surface area contributed by atoms with Gasteiger partial charge >= 0.3 is 0 Å². The minimum atomic E-state index is -0.318. The molecule has 0 saturated carbocycles. The second-order valence-electron chi connectivity index (χ2n) is 8.20. The highest BCUT2D eigenvalue weighted by atomic mass is 35.5. The maximum atomic E-state index is 13.1. The van der Waals surface area contributed by atoms with Crippen LogP contribution in [0.3, 0.4) is 0 Å². The third kappa shape index (κ3) is 4.01. The smallest absolute Gasteiger partial charge is 0.228 e. The monoisotopic (exact) mass is 418 g/mol. The van der Waals surface area contributed by atoms with E-state index in [9.17, 15) is 9.59 Å². The quantitative estimate of drug-likeness (QED) is 0.705. The van der Waals surface area contributed by atoms with Gasteiger partial charge in [-0.05, 0) is 44.4 Å². The van der Waals surface area contributed by atoms with Crippen molar-refractivity contribution >= 4 is 29.1 Å². The van der Waals surface area contributed by atoms with Gasteiger partial charge in [0.1, 0.15) is 5.75 Å². The van der Waals surface area contributed by atoms with Gasteiger partial charge < -0.3 is 19.3 Å². The molecule has 3 aliphatic heterocycles. The summed E-state index contributed by atoms with van der Waals surface area (Å²) < 4.78 is 11.2. The standard InChI is InChI=1S/C22H27ClN2O4/c1-15-5-10-29-22(13-15)6-8-24(9-7-22)21(27)16-11-20(26)25(14-16)17-3-4-19(28-2)18(23)12-17/h3-4,12-13,16H,5-11,14H2,1-2H3. The first-order valence-corrected chi connectivity index (χ1v) is 10.5. The van der Waals surface area contributed by atoms with Gasteiger partial charge in [-0.1, -0.05) is 23.3 Å². The maximum Gasteiger partial charge on any atom is 0.228 e. The highest BCUT2D eigenvalue weighted by Crippen LogP contribution is 2.35. The van der Waals surface area contributed by atoms with Crippen molar-refractivity contribution in [3.05, 3.63) is 34.9 Å². The molecule has 0 aromatic heterocycles. The fourth-order valence-corrected chi connectivity index (χ4v) is 4.83. The Balaban J connectivity index is 1.40. The lowest BCUT2D eigenvalue weighted by Crippen LogP contribution is -2.50. The fourth-order valence-electron chi connectivity index (χ4n) is 4.58. The van der Waals surface area contributed by atoms with Crippen molar-refractivity contribution in [3.63, 3.8) is 0 Å². The third-order valence-corrected chi connectivity index (χ3v) is 6.53. The van der Waals surface area contributed by atoms with Crippen LogP contribution in [0, 0.1) is 5.92 Å². The highest BCUT2D eigenvalue weighted by Gasteiger charge is 2.41.